The molecule has 0 spiro atoms. The second-order valence-electron chi connectivity index (χ2n) is 5.57. The van der Waals surface area contributed by atoms with Crippen LogP contribution in [0.15, 0.2) is 18.2 Å². The van der Waals surface area contributed by atoms with Crippen LogP contribution < -0.4 is 5.32 Å². The lowest BCUT2D eigenvalue weighted by Crippen LogP contribution is -2.44. The number of benzene rings is 1. The Morgan fingerprint density at radius 3 is 2.52 bits per heavy atom. The summed E-state index contributed by atoms with van der Waals surface area (Å²) in [4.78, 5) is 24.9. The van der Waals surface area contributed by atoms with E-state index in [-0.39, 0.29) is 23.6 Å². The van der Waals surface area contributed by atoms with Gasteiger partial charge >= 0.3 is 5.97 Å². The molecule has 5 nitrogen and oxygen atoms in total. The third-order valence-electron chi connectivity index (χ3n) is 3.77. The lowest BCUT2D eigenvalue weighted by molar-refractivity contribution is -0.118. The van der Waals surface area contributed by atoms with Crippen molar-refractivity contribution in [1.82, 2.24) is 4.90 Å². The number of aromatic carboxylic acids is 1. The van der Waals surface area contributed by atoms with Crippen LogP contribution in [0.25, 0.3) is 0 Å². The Kier molecular flexibility index (Phi) is 5.75. The molecule has 0 radical (unpaired) electrons. The number of nitrogens with zero attached hydrogens (tertiary/aromatic N) is 1. The van der Waals surface area contributed by atoms with E-state index in [1.54, 1.807) is 0 Å². The average Bonchev–Trinajstić information content (AvgIpc) is 2.40. The first-order valence-electron chi connectivity index (χ1n) is 6.71. The number of hydrogen-bond acceptors (Lipinski definition) is 3. The largest absolute Gasteiger partial charge is 0.478 e. The summed E-state index contributed by atoms with van der Waals surface area (Å²) >= 11 is 5.98. The van der Waals surface area contributed by atoms with Crippen LogP contribution in [0.4, 0.5) is 5.69 Å². The average molecular weight is 313 g/mol. The minimum atomic E-state index is -1.06. The summed E-state index contributed by atoms with van der Waals surface area (Å²) in [5.74, 6) is -1.30. The van der Waals surface area contributed by atoms with Crippen molar-refractivity contribution in [3.05, 3.63) is 28.8 Å². The molecule has 2 N–H and O–H groups in total. The van der Waals surface area contributed by atoms with Crippen molar-refractivity contribution in [2.45, 2.75) is 32.7 Å². The van der Waals surface area contributed by atoms with Crippen molar-refractivity contribution in [3.63, 3.8) is 0 Å². The Morgan fingerprint density at radius 2 is 2.00 bits per heavy atom. The second-order valence-corrected chi connectivity index (χ2v) is 5.98. The fourth-order valence-electron chi connectivity index (χ4n) is 1.64. The smallest absolute Gasteiger partial charge is 0.335 e. The zero-order valence-corrected chi connectivity index (χ0v) is 13.5. The highest BCUT2D eigenvalue weighted by molar-refractivity contribution is 6.33. The van der Waals surface area contributed by atoms with Gasteiger partial charge < -0.3 is 10.4 Å². The maximum Gasteiger partial charge on any atom is 0.335 e. The summed E-state index contributed by atoms with van der Waals surface area (Å²) in [6.45, 7) is 6.37. The predicted molar refractivity (Wildman–Crippen MR) is 84.0 cm³/mol. The molecule has 0 atom stereocenters. The van der Waals surface area contributed by atoms with Crippen LogP contribution in [0.2, 0.25) is 5.02 Å². The quantitative estimate of drug-likeness (QED) is 0.847. The first-order valence-corrected chi connectivity index (χ1v) is 7.09. The molecule has 0 bridgehead atoms. The van der Waals surface area contributed by atoms with Gasteiger partial charge in [-0.15, -0.1) is 0 Å². The Labute approximate surface area is 129 Å². The number of carbonyl (C=O) groups excluding carboxylic acids is 1. The fraction of sp³-hybridized carbons (Fsp3) is 0.467. The van der Waals surface area contributed by atoms with Gasteiger partial charge in [-0.3, -0.25) is 9.69 Å². The first kappa shape index (κ1) is 17.5. The number of amides is 1. The van der Waals surface area contributed by atoms with Crippen LogP contribution in [-0.2, 0) is 4.79 Å². The minimum absolute atomic E-state index is 0.0805. The van der Waals surface area contributed by atoms with Crippen LogP contribution in [0.5, 0.6) is 0 Å². The van der Waals surface area contributed by atoms with Gasteiger partial charge in [0.05, 0.1) is 22.8 Å². The van der Waals surface area contributed by atoms with Crippen molar-refractivity contribution in [3.8, 4) is 0 Å². The molecule has 0 saturated carbocycles. The van der Waals surface area contributed by atoms with Crippen LogP contribution in [-0.4, -0.2) is 41.0 Å². The van der Waals surface area contributed by atoms with Crippen LogP contribution in [0.3, 0.4) is 0 Å². The number of carbonyl (C=O) groups is 2. The molecule has 0 aliphatic heterocycles. The highest BCUT2D eigenvalue weighted by atomic mass is 35.5. The zero-order valence-electron chi connectivity index (χ0n) is 12.7. The molecule has 0 fully saturated rings. The number of nitrogens with one attached hydrogen (secondary N) is 1. The third kappa shape index (κ3) is 4.72. The van der Waals surface area contributed by atoms with E-state index < -0.39 is 5.97 Å². The molecular weight excluding hydrogens is 292 g/mol. The number of carboxylic acid groups (broad SMARTS) is 1. The fourth-order valence-corrected chi connectivity index (χ4v) is 1.81. The van der Waals surface area contributed by atoms with E-state index in [2.05, 4.69) is 26.1 Å². The highest BCUT2D eigenvalue weighted by Crippen LogP contribution is 2.23. The molecule has 1 rings (SSSR count). The molecule has 1 aromatic rings. The number of anilines is 1. The normalized spacial score (nSPS) is 11.5. The minimum Gasteiger partial charge on any atom is -0.478 e. The Hall–Kier alpha value is -1.59. The van der Waals surface area contributed by atoms with Gasteiger partial charge in [0.2, 0.25) is 5.91 Å². The predicted octanol–water partition coefficient (Wildman–Crippen LogP) is 3.10. The Morgan fingerprint density at radius 1 is 1.38 bits per heavy atom. The van der Waals surface area contributed by atoms with Gasteiger partial charge in [0.25, 0.3) is 0 Å². The topological polar surface area (TPSA) is 69.6 Å². The van der Waals surface area contributed by atoms with E-state index in [0.29, 0.717) is 10.7 Å². The van der Waals surface area contributed by atoms with E-state index >= 15 is 0 Å². The monoisotopic (exact) mass is 312 g/mol. The molecule has 6 heteroatoms. The van der Waals surface area contributed by atoms with Gasteiger partial charge in [-0.1, -0.05) is 18.5 Å². The molecular formula is C15H21ClN2O3. The molecule has 1 amide bonds. The molecule has 21 heavy (non-hydrogen) atoms. The Balaban J connectivity index is 2.80. The van der Waals surface area contributed by atoms with Gasteiger partial charge in [0.1, 0.15) is 0 Å². The van der Waals surface area contributed by atoms with E-state index in [4.69, 9.17) is 16.7 Å². The van der Waals surface area contributed by atoms with Crippen molar-refractivity contribution in [2.24, 2.45) is 0 Å². The molecule has 0 heterocycles. The first-order chi connectivity index (χ1) is 9.67. The summed E-state index contributed by atoms with van der Waals surface area (Å²) in [6.07, 6.45) is 0.909. The maximum absolute atomic E-state index is 12.1. The summed E-state index contributed by atoms with van der Waals surface area (Å²) in [7, 11) is 1.87. The summed E-state index contributed by atoms with van der Waals surface area (Å²) in [5.41, 5.74) is 0.297. The van der Waals surface area contributed by atoms with E-state index in [1.807, 2.05) is 11.9 Å². The van der Waals surface area contributed by atoms with E-state index in [0.717, 1.165) is 6.42 Å². The van der Waals surface area contributed by atoms with Gasteiger partial charge in [-0.05, 0) is 45.5 Å². The molecule has 0 aliphatic carbocycles. The summed E-state index contributed by atoms with van der Waals surface area (Å²) in [5, 5.41) is 11.9. The van der Waals surface area contributed by atoms with Gasteiger partial charge in [0.15, 0.2) is 0 Å². The maximum atomic E-state index is 12.1. The van der Waals surface area contributed by atoms with E-state index in [9.17, 15) is 9.59 Å². The van der Waals surface area contributed by atoms with Crippen molar-refractivity contribution in [1.29, 1.82) is 0 Å². The molecule has 0 saturated heterocycles. The molecule has 116 valence electrons. The van der Waals surface area contributed by atoms with Gasteiger partial charge in [0, 0.05) is 5.54 Å². The van der Waals surface area contributed by atoms with Crippen molar-refractivity contribution >= 4 is 29.2 Å². The number of likely N-dealkylation sites (N-methyl/N-ethyl adjacent to an activating group) is 1. The summed E-state index contributed by atoms with van der Waals surface area (Å²) in [6, 6.07) is 4.21. The number of hydrogen-bond donors (Lipinski definition) is 2. The molecule has 1 aromatic carbocycles. The van der Waals surface area contributed by atoms with Crippen LogP contribution in [0.1, 0.15) is 37.6 Å². The number of carboxylic acids is 1. The molecule has 0 aliphatic rings. The zero-order chi connectivity index (χ0) is 16.2. The standard InChI is InChI=1S/C15H21ClN2O3/c1-5-15(2,3)18(4)9-13(19)17-12-8-10(14(20)21)6-7-11(12)16/h6-8H,5,9H2,1-4H3,(H,17,19)(H,20,21). The van der Waals surface area contributed by atoms with Crippen LogP contribution >= 0.6 is 11.6 Å². The number of halogens is 1. The third-order valence-corrected chi connectivity index (χ3v) is 4.10. The van der Waals surface area contributed by atoms with Gasteiger partial charge in [-0.2, -0.15) is 0 Å². The van der Waals surface area contributed by atoms with Crippen molar-refractivity contribution in [2.75, 3.05) is 18.9 Å². The summed E-state index contributed by atoms with van der Waals surface area (Å²) < 4.78 is 0. The Bertz CT molecular complexity index is 544. The second kappa shape index (κ2) is 6.91. The highest BCUT2D eigenvalue weighted by Gasteiger charge is 2.23. The lowest BCUT2D eigenvalue weighted by atomic mass is 10.00. The van der Waals surface area contributed by atoms with Gasteiger partial charge in [-0.25, -0.2) is 4.79 Å². The lowest BCUT2D eigenvalue weighted by Gasteiger charge is -2.34. The number of rotatable bonds is 6. The SMILES string of the molecule is CCC(C)(C)N(C)CC(=O)Nc1cc(C(=O)O)ccc1Cl. The van der Waals surface area contributed by atoms with Crippen LogP contribution in [0, 0.1) is 0 Å². The van der Waals surface area contributed by atoms with Crippen molar-refractivity contribution < 1.29 is 14.7 Å². The molecule has 0 unspecified atom stereocenters. The van der Waals surface area contributed by atoms with E-state index in [1.165, 1.54) is 18.2 Å². The molecule has 0 aromatic heterocycles.